The maximum absolute atomic E-state index is 12.5. The predicted octanol–water partition coefficient (Wildman–Crippen LogP) is 4.66. The molecule has 4 nitrogen and oxygen atoms in total. The maximum atomic E-state index is 12.5. The lowest BCUT2D eigenvalue weighted by molar-refractivity contribution is -0.121. The van der Waals surface area contributed by atoms with Crippen LogP contribution in [-0.2, 0) is 11.2 Å². The van der Waals surface area contributed by atoms with Gasteiger partial charge in [-0.25, -0.2) is 4.98 Å². The number of H-pyrrole nitrogens is 1. The molecule has 0 fully saturated rings. The lowest BCUT2D eigenvalue weighted by Crippen LogP contribution is -2.31. The molecule has 2 aromatic carbocycles. The van der Waals surface area contributed by atoms with Gasteiger partial charge in [-0.15, -0.1) is 0 Å². The standard InChI is InChI=1S/C20H22ClN3O/c1-13(2)11-18(20-23-16-5-3-4-6-17(16)24-20)22-19(25)12-14-7-9-15(21)10-8-14/h3-10,13,18H,11-12H2,1-2H3,(H,22,25)(H,23,24). The van der Waals surface area contributed by atoms with Gasteiger partial charge in [0.15, 0.2) is 0 Å². The van der Waals surface area contributed by atoms with Gasteiger partial charge in [0.1, 0.15) is 5.82 Å². The number of amides is 1. The van der Waals surface area contributed by atoms with Crippen LogP contribution in [-0.4, -0.2) is 15.9 Å². The van der Waals surface area contributed by atoms with Crippen LogP contribution in [0.1, 0.15) is 37.7 Å². The zero-order valence-electron chi connectivity index (χ0n) is 14.4. The Morgan fingerprint density at radius 1 is 1.16 bits per heavy atom. The van der Waals surface area contributed by atoms with Crippen molar-refractivity contribution in [1.29, 1.82) is 0 Å². The zero-order valence-corrected chi connectivity index (χ0v) is 15.2. The van der Waals surface area contributed by atoms with Crippen LogP contribution in [0.5, 0.6) is 0 Å². The summed E-state index contributed by atoms with van der Waals surface area (Å²) in [5, 5.41) is 3.79. The van der Waals surface area contributed by atoms with Crippen molar-refractivity contribution in [2.24, 2.45) is 5.92 Å². The number of nitrogens with zero attached hydrogens (tertiary/aromatic N) is 1. The van der Waals surface area contributed by atoms with Gasteiger partial charge in [0.05, 0.1) is 23.5 Å². The average molecular weight is 356 g/mol. The van der Waals surface area contributed by atoms with E-state index in [9.17, 15) is 4.79 Å². The third-order valence-corrected chi connectivity index (χ3v) is 4.31. The predicted molar refractivity (Wildman–Crippen MR) is 102 cm³/mol. The Balaban J connectivity index is 1.75. The van der Waals surface area contributed by atoms with Crippen molar-refractivity contribution < 1.29 is 4.79 Å². The summed E-state index contributed by atoms with van der Waals surface area (Å²) in [5.74, 6) is 1.22. The second kappa shape index (κ2) is 7.70. The van der Waals surface area contributed by atoms with Gasteiger partial charge in [0, 0.05) is 5.02 Å². The van der Waals surface area contributed by atoms with Gasteiger partial charge >= 0.3 is 0 Å². The van der Waals surface area contributed by atoms with E-state index in [1.165, 1.54) is 0 Å². The van der Waals surface area contributed by atoms with E-state index in [1.54, 1.807) is 12.1 Å². The topological polar surface area (TPSA) is 57.8 Å². The SMILES string of the molecule is CC(C)CC(NC(=O)Cc1ccc(Cl)cc1)c1nc2ccccc2[nH]1. The van der Waals surface area contributed by atoms with Gasteiger partial charge in [-0.2, -0.15) is 0 Å². The Morgan fingerprint density at radius 2 is 1.88 bits per heavy atom. The molecule has 0 aliphatic heterocycles. The Bertz CT molecular complexity index is 822. The van der Waals surface area contributed by atoms with E-state index >= 15 is 0 Å². The first kappa shape index (κ1) is 17.5. The highest BCUT2D eigenvalue weighted by atomic mass is 35.5. The molecule has 0 spiro atoms. The van der Waals surface area contributed by atoms with Gasteiger partial charge in [-0.05, 0) is 42.2 Å². The largest absolute Gasteiger partial charge is 0.346 e. The lowest BCUT2D eigenvalue weighted by atomic mass is 10.0. The molecule has 0 bridgehead atoms. The van der Waals surface area contributed by atoms with Crippen LogP contribution in [0.15, 0.2) is 48.5 Å². The van der Waals surface area contributed by atoms with E-state index in [4.69, 9.17) is 11.6 Å². The molecule has 0 saturated heterocycles. The summed E-state index contributed by atoms with van der Waals surface area (Å²) in [6.07, 6.45) is 1.15. The highest BCUT2D eigenvalue weighted by molar-refractivity contribution is 6.30. The smallest absolute Gasteiger partial charge is 0.225 e. The molecule has 2 N–H and O–H groups in total. The number of hydrogen-bond donors (Lipinski definition) is 2. The summed E-state index contributed by atoms with van der Waals surface area (Å²) in [5.41, 5.74) is 2.84. The fourth-order valence-electron chi connectivity index (χ4n) is 2.88. The monoisotopic (exact) mass is 355 g/mol. The summed E-state index contributed by atoms with van der Waals surface area (Å²) in [6, 6.07) is 15.1. The quantitative estimate of drug-likeness (QED) is 0.675. The van der Waals surface area contributed by atoms with Gasteiger partial charge in [0.25, 0.3) is 0 Å². The summed E-state index contributed by atoms with van der Waals surface area (Å²) in [6.45, 7) is 4.28. The molecule has 130 valence electrons. The highest BCUT2D eigenvalue weighted by Gasteiger charge is 2.19. The molecule has 0 radical (unpaired) electrons. The third kappa shape index (κ3) is 4.60. The fourth-order valence-corrected chi connectivity index (χ4v) is 3.01. The number of aromatic nitrogens is 2. The summed E-state index contributed by atoms with van der Waals surface area (Å²) < 4.78 is 0. The Kier molecular flexibility index (Phi) is 5.39. The Hall–Kier alpha value is -2.33. The number of carbonyl (C=O) groups excluding carboxylic acids is 1. The molecule has 0 saturated carbocycles. The normalized spacial score (nSPS) is 12.5. The fraction of sp³-hybridized carbons (Fsp3) is 0.300. The minimum absolute atomic E-state index is 0.0200. The van der Waals surface area contributed by atoms with Gasteiger partial charge in [-0.3, -0.25) is 4.79 Å². The van der Waals surface area contributed by atoms with Gasteiger partial charge < -0.3 is 10.3 Å². The molecule has 1 unspecified atom stereocenters. The van der Waals surface area contributed by atoms with Crippen molar-refractivity contribution in [3.8, 4) is 0 Å². The van der Waals surface area contributed by atoms with E-state index < -0.39 is 0 Å². The first-order valence-electron chi connectivity index (χ1n) is 8.49. The van der Waals surface area contributed by atoms with E-state index in [2.05, 4.69) is 29.1 Å². The highest BCUT2D eigenvalue weighted by Crippen LogP contribution is 2.22. The van der Waals surface area contributed by atoms with Crippen LogP contribution < -0.4 is 5.32 Å². The molecule has 0 aliphatic carbocycles. The molecule has 1 atom stereocenters. The van der Waals surface area contributed by atoms with Crippen LogP contribution in [0.3, 0.4) is 0 Å². The van der Waals surface area contributed by atoms with Crippen LogP contribution in [0, 0.1) is 5.92 Å². The minimum atomic E-state index is -0.132. The number of para-hydroxylation sites is 2. The van der Waals surface area contributed by atoms with Crippen molar-refractivity contribution >= 4 is 28.5 Å². The first-order chi connectivity index (χ1) is 12.0. The minimum Gasteiger partial charge on any atom is -0.346 e. The number of fused-ring (bicyclic) bond motifs is 1. The number of nitrogens with one attached hydrogen (secondary N) is 2. The zero-order chi connectivity index (χ0) is 17.8. The van der Waals surface area contributed by atoms with E-state index in [-0.39, 0.29) is 11.9 Å². The van der Waals surface area contributed by atoms with Gasteiger partial charge in [0.2, 0.25) is 5.91 Å². The Morgan fingerprint density at radius 3 is 2.56 bits per heavy atom. The number of imidazole rings is 1. The molecule has 1 heterocycles. The molecule has 1 aromatic heterocycles. The molecule has 25 heavy (non-hydrogen) atoms. The summed E-state index contributed by atoms with van der Waals surface area (Å²) in [7, 11) is 0. The van der Waals surface area contributed by atoms with Crippen LogP contribution >= 0.6 is 11.6 Å². The molecule has 0 aliphatic rings. The number of hydrogen-bond acceptors (Lipinski definition) is 2. The van der Waals surface area contributed by atoms with Crippen LogP contribution in [0.2, 0.25) is 5.02 Å². The number of carbonyl (C=O) groups is 1. The second-order valence-electron chi connectivity index (χ2n) is 6.69. The van der Waals surface area contributed by atoms with Crippen molar-refractivity contribution in [2.45, 2.75) is 32.7 Å². The molecule has 1 amide bonds. The van der Waals surface area contributed by atoms with Crippen molar-refractivity contribution in [1.82, 2.24) is 15.3 Å². The van der Waals surface area contributed by atoms with Crippen LogP contribution in [0.25, 0.3) is 11.0 Å². The third-order valence-electron chi connectivity index (χ3n) is 4.06. The molecule has 5 heteroatoms. The first-order valence-corrected chi connectivity index (χ1v) is 8.87. The maximum Gasteiger partial charge on any atom is 0.225 e. The number of benzene rings is 2. The number of rotatable bonds is 6. The number of halogens is 1. The molecule has 3 rings (SSSR count). The second-order valence-corrected chi connectivity index (χ2v) is 7.13. The Labute approximate surface area is 152 Å². The summed E-state index contributed by atoms with van der Waals surface area (Å²) >= 11 is 5.90. The van der Waals surface area contributed by atoms with Crippen molar-refractivity contribution in [2.75, 3.05) is 0 Å². The van der Waals surface area contributed by atoms with Crippen LogP contribution in [0.4, 0.5) is 0 Å². The molecule has 3 aromatic rings. The van der Waals surface area contributed by atoms with Crippen molar-refractivity contribution in [3.05, 3.63) is 64.9 Å². The molecular weight excluding hydrogens is 334 g/mol. The van der Waals surface area contributed by atoms with Gasteiger partial charge in [-0.1, -0.05) is 49.7 Å². The van der Waals surface area contributed by atoms with E-state index in [1.807, 2.05) is 36.4 Å². The van der Waals surface area contributed by atoms with E-state index in [0.717, 1.165) is 28.8 Å². The lowest BCUT2D eigenvalue weighted by Gasteiger charge is -2.19. The summed E-state index contributed by atoms with van der Waals surface area (Å²) in [4.78, 5) is 20.5. The van der Waals surface area contributed by atoms with E-state index in [0.29, 0.717) is 17.4 Å². The number of aromatic amines is 1. The average Bonchev–Trinajstić information content (AvgIpc) is 3.00. The molecular formula is C20H22ClN3O. The van der Waals surface area contributed by atoms with Crippen molar-refractivity contribution in [3.63, 3.8) is 0 Å².